The zero-order valence-electron chi connectivity index (χ0n) is 6.36. The standard InChI is InChI=1S/C6H5.C2H3O3.Sn/c1-2-4-6-5-3-1;3-1-2(4)5;/h1-5H;1H2,(H,4,5);/q;-1;+3. The van der Waals surface area contributed by atoms with Gasteiger partial charge in [0.2, 0.25) is 0 Å². The van der Waals surface area contributed by atoms with Gasteiger partial charge in [0.05, 0.1) is 0 Å². The molecule has 0 aromatic heterocycles. The number of rotatable bonds is 4. The van der Waals surface area contributed by atoms with Crippen LogP contribution in [0.25, 0.3) is 0 Å². The van der Waals surface area contributed by atoms with Crippen molar-refractivity contribution in [1.29, 1.82) is 0 Å². The summed E-state index contributed by atoms with van der Waals surface area (Å²) in [7, 11) is 0. The normalized spacial score (nSPS) is 9.00. The molecular formula is C8H8O3Sn+2. The molecule has 0 heterocycles. The zero-order chi connectivity index (χ0) is 8.81. The van der Waals surface area contributed by atoms with Crippen LogP contribution in [0.4, 0.5) is 0 Å². The average Bonchev–Trinajstić information content (AvgIpc) is 2.05. The second-order valence-electron chi connectivity index (χ2n) is 2.15. The predicted octanol–water partition coefficient (Wildman–Crippen LogP) is 0.0323. The topological polar surface area (TPSA) is 46.5 Å². The van der Waals surface area contributed by atoms with Crippen molar-refractivity contribution in [2.24, 2.45) is 0 Å². The Morgan fingerprint density at radius 2 is 2.08 bits per heavy atom. The fraction of sp³-hybridized carbons (Fsp3) is 0.125. The summed E-state index contributed by atoms with van der Waals surface area (Å²) in [5, 5.41) is 8.29. The van der Waals surface area contributed by atoms with Crippen molar-refractivity contribution < 1.29 is 13.0 Å². The van der Waals surface area contributed by atoms with E-state index in [2.05, 4.69) is 0 Å². The monoisotopic (exact) mass is 272 g/mol. The van der Waals surface area contributed by atoms with Crippen LogP contribution in [-0.2, 0) is 7.87 Å². The fourth-order valence-corrected chi connectivity index (χ4v) is 2.66. The maximum absolute atomic E-state index is 10.1. The van der Waals surface area contributed by atoms with E-state index in [0.717, 1.165) is 3.58 Å². The molecule has 0 aliphatic carbocycles. The molecule has 0 aliphatic heterocycles. The summed E-state index contributed by atoms with van der Waals surface area (Å²) in [6, 6.07) is 9.72. The third kappa shape index (κ3) is 3.73. The Labute approximate surface area is 81.1 Å². The number of hydrogen-bond acceptors (Lipinski definition) is 2. The summed E-state index contributed by atoms with van der Waals surface area (Å²) >= 11 is -1.10. The summed E-state index contributed by atoms with van der Waals surface area (Å²) in [5.41, 5.74) is 0. The second-order valence-corrected chi connectivity index (χ2v) is 5.20. The number of carboxylic acids is 1. The van der Waals surface area contributed by atoms with E-state index >= 15 is 0 Å². The quantitative estimate of drug-likeness (QED) is 0.786. The Balaban J connectivity index is 2.29. The van der Waals surface area contributed by atoms with Crippen molar-refractivity contribution in [3.63, 3.8) is 0 Å². The van der Waals surface area contributed by atoms with E-state index in [0.29, 0.717) is 0 Å². The van der Waals surface area contributed by atoms with Gasteiger partial charge in [0.25, 0.3) is 0 Å². The van der Waals surface area contributed by atoms with Crippen molar-refractivity contribution in [3.05, 3.63) is 30.3 Å². The van der Waals surface area contributed by atoms with Crippen LogP contribution in [0, 0.1) is 0 Å². The summed E-state index contributed by atoms with van der Waals surface area (Å²) < 4.78 is 6.21. The van der Waals surface area contributed by atoms with Crippen molar-refractivity contribution in [1.82, 2.24) is 0 Å². The Morgan fingerprint density at radius 1 is 1.42 bits per heavy atom. The molecule has 0 saturated heterocycles. The van der Waals surface area contributed by atoms with Crippen LogP contribution in [-0.4, -0.2) is 39.2 Å². The molecule has 0 aliphatic rings. The summed E-state index contributed by atoms with van der Waals surface area (Å²) in [6.07, 6.45) is 0. The summed E-state index contributed by atoms with van der Waals surface area (Å²) in [4.78, 5) is 10.1. The molecule has 1 aromatic rings. The first-order chi connectivity index (χ1) is 5.79. The molecule has 0 fully saturated rings. The SMILES string of the molecule is O=C(O)C[O][Sn+2][c]1ccccc1. The van der Waals surface area contributed by atoms with Gasteiger partial charge in [-0.3, -0.25) is 0 Å². The zero-order valence-corrected chi connectivity index (χ0v) is 9.21. The maximum atomic E-state index is 10.1. The Kier molecular flexibility index (Phi) is 4.10. The van der Waals surface area contributed by atoms with Gasteiger partial charge in [-0.15, -0.1) is 0 Å². The number of carboxylic acid groups (broad SMARTS) is 1. The van der Waals surface area contributed by atoms with E-state index in [1.54, 1.807) is 0 Å². The molecular weight excluding hydrogens is 263 g/mol. The van der Waals surface area contributed by atoms with Gasteiger partial charge in [0, 0.05) is 0 Å². The Hall–Kier alpha value is -0.551. The molecule has 0 atom stereocenters. The number of hydrogen-bond donors (Lipinski definition) is 1. The van der Waals surface area contributed by atoms with E-state index in [4.69, 9.17) is 8.18 Å². The minimum atomic E-state index is -1.10. The molecule has 4 heteroatoms. The van der Waals surface area contributed by atoms with Gasteiger partial charge in [-0.1, -0.05) is 0 Å². The first kappa shape index (κ1) is 9.54. The van der Waals surface area contributed by atoms with Crippen LogP contribution >= 0.6 is 0 Å². The van der Waals surface area contributed by atoms with Crippen LogP contribution < -0.4 is 3.58 Å². The molecule has 0 unspecified atom stereocenters. The molecule has 0 bridgehead atoms. The van der Waals surface area contributed by atoms with E-state index in [1.165, 1.54) is 0 Å². The van der Waals surface area contributed by atoms with Gasteiger partial charge in [0.15, 0.2) is 0 Å². The second kappa shape index (κ2) is 5.16. The number of carbonyl (C=O) groups is 1. The molecule has 0 spiro atoms. The third-order valence-electron chi connectivity index (χ3n) is 1.16. The van der Waals surface area contributed by atoms with Gasteiger partial charge < -0.3 is 0 Å². The molecule has 1 N–H and O–H groups in total. The van der Waals surface area contributed by atoms with Gasteiger partial charge in [-0.25, -0.2) is 0 Å². The minimum absolute atomic E-state index is 0.166. The van der Waals surface area contributed by atoms with Crippen LogP contribution in [0.1, 0.15) is 0 Å². The number of benzene rings is 1. The molecule has 0 saturated carbocycles. The van der Waals surface area contributed by atoms with E-state index in [1.807, 2.05) is 30.3 Å². The van der Waals surface area contributed by atoms with Crippen LogP contribution in [0.3, 0.4) is 0 Å². The molecule has 0 amide bonds. The van der Waals surface area contributed by atoms with Crippen LogP contribution in [0.5, 0.6) is 0 Å². The summed E-state index contributed by atoms with van der Waals surface area (Å²) in [6.45, 7) is -0.166. The number of aliphatic carboxylic acids is 1. The van der Waals surface area contributed by atoms with Crippen LogP contribution in [0.2, 0.25) is 0 Å². The molecule has 12 heavy (non-hydrogen) atoms. The van der Waals surface area contributed by atoms with E-state index in [-0.39, 0.29) is 6.61 Å². The van der Waals surface area contributed by atoms with Gasteiger partial charge in [-0.05, 0) is 0 Å². The summed E-state index contributed by atoms with van der Waals surface area (Å²) in [5.74, 6) is -0.896. The molecule has 0 radical (unpaired) electrons. The Bertz CT molecular complexity index is 248. The van der Waals surface area contributed by atoms with Crippen molar-refractivity contribution in [2.45, 2.75) is 0 Å². The van der Waals surface area contributed by atoms with E-state index in [9.17, 15) is 4.79 Å². The van der Waals surface area contributed by atoms with Gasteiger partial charge in [0.1, 0.15) is 0 Å². The Morgan fingerprint density at radius 3 is 2.67 bits per heavy atom. The van der Waals surface area contributed by atoms with Gasteiger partial charge >= 0.3 is 81.0 Å². The van der Waals surface area contributed by atoms with Crippen molar-refractivity contribution in [3.8, 4) is 0 Å². The average molecular weight is 271 g/mol. The molecule has 3 nitrogen and oxygen atoms in total. The molecule has 1 rings (SSSR count). The first-order valence-electron chi connectivity index (χ1n) is 3.43. The van der Waals surface area contributed by atoms with Crippen LogP contribution in [0.15, 0.2) is 30.3 Å². The van der Waals surface area contributed by atoms with Crippen molar-refractivity contribution >= 4 is 31.1 Å². The molecule has 1 aromatic carbocycles. The first-order valence-corrected chi connectivity index (χ1v) is 6.03. The van der Waals surface area contributed by atoms with Gasteiger partial charge in [-0.2, -0.15) is 0 Å². The fourth-order valence-electron chi connectivity index (χ4n) is 0.687. The predicted molar refractivity (Wildman–Crippen MR) is 45.4 cm³/mol. The third-order valence-corrected chi connectivity index (χ3v) is 3.61. The van der Waals surface area contributed by atoms with E-state index < -0.39 is 27.5 Å². The van der Waals surface area contributed by atoms with Crippen molar-refractivity contribution in [2.75, 3.05) is 6.61 Å². The molecule has 60 valence electrons.